The molecule has 3 rings (SSSR count). The average molecular weight is 315 g/mol. The summed E-state index contributed by atoms with van der Waals surface area (Å²) >= 11 is 0. The van der Waals surface area contributed by atoms with Crippen LogP contribution in [0, 0.1) is 0 Å². The molecule has 122 valence electrons. The van der Waals surface area contributed by atoms with Crippen LogP contribution in [0.5, 0.6) is 0 Å². The Labute approximate surface area is 135 Å². The van der Waals surface area contributed by atoms with Crippen molar-refractivity contribution in [1.29, 1.82) is 0 Å². The maximum absolute atomic E-state index is 11.3. The standard InChI is InChI=1S/C16H19N3O.CH2O2/c1-2-3-15-17-10-14(19-15)12-6-4-11(5-7-12)13-8-16(20)18-9-13;2-1-3/h4-7,10,13H,2-3,8-9H2,1H3,(H,17,19)(H,18,20);1H,(H,2,3). The number of nitrogens with one attached hydrogen (secondary N) is 2. The van der Waals surface area contributed by atoms with Gasteiger partial charge < -0.3 is 15.4 Å². The quantitative estimate of drug-likeness (QED) is 0.755. The van der Waals surface area contributed by atoms with Crippen molar-refractivity contribution in [3.63, 3.8) is 0 Å². The Balaban J connectivity index is 0.000000595. The number of carbonyl (C=O) groups excluding carboxylic acids is 1. The summed E-state index contributed by atoms with van der Waals surface area (Å²) in [4.78, 5) is 27.3. The molecule has 6 heteroatoms. The van der Waals surface area contributed by atoms with Crippen LogP contribution in [0.4, 0.5) is 0 Å². The minimum absolute atomic E-state index is 0.150. The van der Waals surface area contributed by atoms with Crippen LogP contribution in [-0.4, -0.2) is 34.0 Å². The van der Waals surface area contributed by atoms with E-state index in [1.807, 2.05) is 6.20 Å². The van der Waals surface area contributed by atoms with Crippen LogP contribution >= 0.6 is 0 Å². The lowest BCUT2D eigenvalue weighted by Crippen LogP contribution is -2.13. The second kappa shape index (κ2) is 8.12. The van der Waals surface area contributed by atoms with E-state index in [0.29, 0.717) is 12.3 Å². The fraction of sp³-hybridized carbons (Fsp3) is 0.353. The molecule has 1 fully saturated rings. The average Bonchev–Trinajstić information content (AvgIpc) is 3.18. The molecular formula is C17H21N3O3. The second-order valence-corrected chi connectivity index (χ2v) is 5.43. The predicted molar refractivity (Wildman–Crippen MR) is 87.1 cm³/mol. The lowest BCUT2D eigenvalue weighted by atomic mass is 9.97. The zero-order chi connectivity index (χ0) is 16.7. The number of aryl methyl sites for hydroxylation is 1. The van der Waals surface area contributed by atoms with Crippen molar-refractivity contribution < 1.29 is 14.7 Å². The minimum atomic E-state index is -0.250. The summed E-state index contributed by atoms with van der Waals surface area (Å²) in [5.41, 5.74) is 3.42. The molecule has 1 aliphatic rings. The van der Waals surface area contributed by atoms with E-state index in [9.17, 15) is 4.79 Å². The molecular weight excluding hydrogens is 294 g/mol. The topological polar surface area (TPSA) is 95.1 Å². The SMILES string of the molecule is CCCc1ncc(-c2ccc(C3CNC(=O)C3)cc2)[nH]1.O=CO. The molecule has 1 unspecified atom stereocenters. The van der Waals surface area contributed by atoms with Gasteiger partial charge in [-0.1, -0.05) is 31.2 Å². The number of aromatic nitrogens is 2. The van der Waals surface area contributed by atoms with Crippen LogP contribution in [0.3, 0.4) is 0 Å². The highest BCUT2D eigenvalue weighted by molar-refractivity contribution is 5.79. The van der Waals surface area contributed by atoms with Crippen molar-refractivity contribution in [3.8, 4) is 11.3 Å². The largest absolute Gasteiger partial charge is 0.483 e. The van der Waals surface area contributed by atoms with Gasteiger partial charge in [0.2, 0.25) is 5.91 Å². The normalized spacial score (nSPS) is 16.4. The zero-order valence-electron chi connectivity index (χ0n) is 13.1. The van der Waals surface area contributed by atoms with Gasteiger partial charge in [-0.3, -0.25) is 9.59 Å². The lowest BCUT2D eigenvalue weighted by molar-refractivity contribution is -0.123. The first-order valence-electron chi connectivity index (χ1n) is 7.66. The predicted octanol–water partition coefficient (Wildman–Crippen LogP) is 2.33. The Kier molecular flexibility index (Phi) is 5.91. The molecule has 6 nitrogen and oxygen atoms in total. The summed E-state index contributed by atoms with van der Waals surface area (Å²) in [6, 6.07) is 8.42. The van der Waals surface area contributed by atoms with E-state index in [1.54, 1.807) is 0 Å². The van der Waals surface area contributed by atoms with Crippen LogP contribution in [0.15, 0.2) is 30.5 Å². The van der Waals surface area contributed by atoms with E-state index in [0.717, 1.165) is 36.5 Å². The zero-order valence-corrected chi connectivity index (χ0v) is 13.1. The number of amides is 1. The highest BCUT2D eigenvalue weighted by Gasteiger charge is 2.22. The highest BCUT2D eigenvalue weighted by Crippen LogP contribution is 2.25. The molecule has 0 aliphatic carbocycles. The van der Waals surface area contributed by atoms with Gasteiger partial charge in [0.15, 0.2) is 0 Å². The molecule has 23 heavy (non-hydrogen) atoms. The van der Waals surface area contributed by atoms with Gasteiger partial charge in [0.05, 0.1) is 11.9 Å². The molecule has 1 aromatic heterocycles. The van der Waals surface area contributed by atoms with E-state index in [2.05, 4.69) is 46.5 Å². The number of benzene rings is 1. The summed E-state index contributed by atoms with van der Waals surface area (Å²) in [5.74, 6) is 1.50. The van der Waals surface area contributed by atoms with Crippen LogP contribution in [0.2, 0.25) is 0 Å². The minimum Gasteiger partial charge on any atom is -0.483 e. The molecule has 1 atom stereocenters. The summed E-state index contributed by atoms with van der Waals surface area (Å²) in [6.45, 7) is 2.65. The summed E-state index contributed by atoms with van der Waals surface area (Å²) in [6.07, 6.45) is 4.56. The van der Waals surface area contributed by atoms with Gasteiger partial charge >= 0.3 is 0 Å². The third-order valence-corrected chi connectivity index (χ3v) is 3.79. The summed E-state index contributed by atoms with van der Waals surface area (Å²) in [7, 11) is 0. The van der Waals surface area contributed by atoms with Gasteiger partial charge in [0.1, 0.15) is 5.82 Å². The molecule has 1 aromatic carbocycles. The number of hydrogen-bond acceptors (Lipinski definition) is 3. The maximum Gasteiger partial charge on any atom is 0.290 e. The first-order valence-corrected chi connectivity index (χ1v) is 7.66. The van der Waals surface area contributed by atoms with E-state index in [-0.39, 0.29) is 12.4 Å². The van der Waals surface area contributed by atoms with Crippen molar-refractivity contribution in [2.24, 2.45) is 0 Å². The van der Waals surface area contributed by atoms with Gasteiger partial charge in [0.25, 0.3) is 6.47 Å². The molecule has 0 radical (unpaired) electrons. The summed E-state index contributed by atoms with van der Waals surface area (Å²) < 4.78 is 0. The first-order chi connectivity index (χ1) is 11.2. The molecule has 2 heterocycles. The smallest absolute Gasteiger partial charge is 0.290 e. The monoisotopic (exact) mass is 315 g/mol. The van der Waals surface area contributed by atoms with Gasteiger partial charge in [-0.25, -0.2) is 4.98 Å². The number of aromatic amines is 1. The second-order valence-electron chi connectivity index (χ2n) is 5.43. The molecule has 2 aromatic rings. The van der Waals surface area contributed by atoms with Crippen LogP contribution in [0.25, 0.3) is 11.3 Å². The van der Waals surface area contributed by atoms with E-state index >= 15 is 0 Å². The molecule has 0 bridgehead atoms. The van der Waals surface area contributed by atoms with Crippen molar-refractivity contribution in [1.82, 2.24) is 15.3 Å². The van der Waals surface area contributed by atoms with Gasteiger partial charge in [-0.05, 0) is 17.5 Å². The molecule has 0 spiro atoms. The fourth-order valence-electron chi connectivity index (χ4n) is 2.65. The number of carbonyl (C=O) groups is 2. The van der Waals surface area contributed by atoms with E-state index in [1.165, 1.54) is 5.56 Å². The van der Waals surface area contributed by atoms with Crippen molar-refractivity contribution in [2.45, 2.75) is 32.1 Å². The Hall–Kier alpha value is -2.63. The Morgan fingerprint density at radius 2 is 2.04 bits per heavy atom. The number of carboxylic acid groups (broad SMARTS) is 1. The fourth-order valence-corrected chi connectivity index (χ4v) is 2.65. The lowest BCUT2D eigenvalue weighted by Gasteiger charge is -2.08. The highest BCUT2D eigenvalue weighted by atomic mass is 16.3. The van der Waals surface area contributed by atoms with Gasteiger partial charge in [0, 0.05) is 25.3 Å². The molecule has 3 N–H and O–H groups in total. The molecule has 0 saturated carbocycles. The maximum atomic E-state index is 11.3. The third kappa shape index (κ3) is 4.42. The van der Waals surface area contributed by atoms with E-state index < -0.39 is 0 Å². The van der Waals surface area contributed by atoms with Crippen molar-refractivity contribution in [2.75, 3.05) is 6.54 Å². The molecule has 1 amide bonds. The van der Waals surface area contributed by atoms with Crippen molar-refractivity contribution >= 4 is 12.4 Å². The van der Waals surface area contributed by atoms with Gasteiger partial charge in [-0.2, -0.15) is 0 Å². The first kappa shape index (κ1) is 16.7. The van der Waals surface area contributed by atoms with Crippen molar-refractivity contribution in [3.05, 3.63) is 41.9 Å². The van der Waals surface area contributed by atoms with Crippen LogP contribution in [0.1, 0.15) is 37.1 Å². The van der Waals surface area contributed by atoms with Crippen LogP contribution < -0.4 is 5.32 Å². The molecule has 1 aliphatic heterocycles. The number of nitrogens with zero attached hydrogens (tertiary/aromatic N) is 1. The third-order valence-electron chi connectivity index (χ3n) is 3.79. The Morgan fingerprint density at radius 3 is 2.61 bits per heavy atom. The number of rotatable bonds is 4. The Morgan fingerprint density at radius 1 is 1.35 bits per heavy atom. The van der Waals surface area contributed by atoms with Gasteiger partial charge in [-0.15, -0.1) is 0 Å². The Bertz CT molecular complexity index is 649. The number of imidazole rings is 1. The van der Waals surface area contributed by atoms with Crippen LogP contribution in [-0.2, 0) is 16.0 Å². The summed E-state index contributed by atoms with van der Waals surface area (Å²) in [5, 5.41) is 9.77. The molecule has 1 saturated heterocycles. The number of hydrogen-bond donors (Lipinski definition) is 3. The van der Waals surface area contributed by atoms with E-state index in [4.69, 9.17) is 9.90 Å². The number of H-pyrrole nitrogens is 1.